The summed E-state index contributed by atoms with van der Waals surface area (Å²) >= 11 is 5.65. The van der Waals surface area contributed by atoms with Gasteiger partial charge in [0.1, 0.15) is 5.38 Å². The molecule has 1 aromatic heterocycles. The Balaban J connectivity index is 2.51. The van der Waals surface area contributed by atoms with Crippen molar-refractivity contribution < 1.29 is 9.90 Å². The molecule has 1 atom stereocenters. The van der Waals surface area contributed by atoms with Crippen molar-refractivity contribution in [3.8, 4) is 0 Å². The summed E-state index contributed by atoms with van der Waals surface area (Å²) in [6.07, 6.45) is 0. The third kappa shape index (κ3) is 4.16. The molecule has 1 aromatic rings. The summed E-state index contributed by atoms with van der Waals surface area (Å²) in [5.74, 6) is -0.995. The number of rotatable bonds is 5. The third-order valence-electron chi connectivity index (χ3n) is 2.12. The molecule has 0 radical (unpaired) electrons. The Kier molecular flexibility index (Phi) is 4.71. The molecule has 16 heavy (non-hydrogen) atoms. The van der Waals surface area contributed by atoms with Crippen LogP contribution in [0, 0.1) is 6.92 Å². The lowest BCUT2D eigenvalue weighted by Gasteiger charge is -2.17. The largest absolute Gasteiger partial charge is 0.480 e. The van der Waals surface area contributed by atoms with Crippen LogP contribution in [-0.4, -0.2) is 39.9 Å². The molecule has 1 N–H and O–H groups in total. The Morgan fingerprint density at radius 2 is 2.31 bits per heavy atom. The molecular weight excluding hydrogens is 228 g/mol. The maximum absolute atomic E-state index is 10.6. The van der Waals surface area contributed by atoms with Crippen LogP contribution in [0.15, 0.2) is 18.2 Å². The second-order valence-electron chi connectivity index (χ2n) is 3.77. The van der Waals surface area contributed by atoms with E-state index in [4.69, 9.17) is 16.7 Å². The Hall–Kier alpha value is -1.13. The van der Waals surface area contributed by atoms with E-state index < -0.39 is 11.3 Å². The van der Waals surface area contributed by atoms with Crippen LogP contribution in [0.3, 0.4) is 0 Å². The van der Waals surface area contributed by atoms with Gasteiger partial charge in [0.05, 0.1) is 5.69 Å². The summed E-state index contributed by atoms with van der Waals surface area (Å²) in [5, 5.41) is 7.79. The summed E-state index contributed by atoms with van der Waals surface area (Å²) in [6.45, 7) is 2.82. The number of aliphatic carboxylic acids is 1. The Bertz CT molecular complexity index is 371. The number of pyridine rings is 1. The number of hydrogen-bond donors (Lipinski definition) is 1. The first-order valence-electron chi connectivity index (χ1n) is 4.97. The zero-order chi connectivity index (χ0) is 12.1. The van der Waals surface area contributed by atoms with Crippen molar-refractivity contribution in [1.29, 1.82) is 0 Å². The van der Waals surface area contributed by atoms with Crippen molar-refractivity contribution in [3.05, 3.63) is 29.6 Å². The first kappa shape index (κ1) is 12.9. The lowest BCUT2D eigenvalue weighted by Crippen LogP contribution is -2.30. The van der Waals surface area contributed by atoms with Gasteiger partial charge < -0.3 is 5.11 Å². The quantitative estimate of drug-likeness (QED) is 0.796. The minimum atomic E-state index is -0.995. The number of hydrogen-bond acceptors (Lipinski definition) is 3. The van der Waals surface area contributed by atoms with E-state index in [0.717, 1.165) is 11.4 Å². The van der Waals surface area contributed by atoms with Gasteiger partial charge in [-0.05, 0) is 26.1 Å². The number of aryl methyl sites for hydroxylation is 1. The van der Waals surface area contributed by atoms with Gasteiger partial charge >= 0.3 is 5.97 Å². The van der Waals surface area contributed by atoms with E-state index >= 15 is 0 Å². The van der Waals surface area contributed by atoms with Gasteiger partial charge in [-0.3, -0.25) is 14.7 Å². The van der Waals surface area contributed by atoms with Crippen LogP contribution in [0.1, 0.15) is 11.4 Å². The molecule has 0 aliphatic carbocycles. The number of carbonyl (C=O) groups is 1. The highest BCUT2D eigenvalue weighted by Crippen LogP contribution is 2.04. The van der Waals surface area contributed by atoms with Gasteiger partial charge in [0.25, 0.3) is 0 Å². The minimum absolute atomic E-state index is 0.298. The van der Waals surface area contributed by atoms with Crippen LogP contribution in [-0.2, 0) is 11.3 Å². The minimum Gasteiger partial charge on any atom is -0.480 e. The molecule has 1 rings (SSSR count). The summed E-state index contributed by atoms with van der Waals surface area (Å²) in [4.78, 5) is 16.7. The molecule has 0 aliphatic rings. The predicted octanol–water partition coefficient (Wildman–Crippen LogP) is 1.51. The molecule has 0 aliphatic heterocycles. The molecule has 0 saturated carbocycles. The molecular formula is C11H15ClN2O2. The van der Waals surface area contributed by atoms with Gasteiger partial charge in [-0.15, -0.1) is 11.6 Å². The Labute approximate surface area is 99.9 Å². The summed E-state index contributed by atoms with van der Waals surface area (Å²) in [7, 11) is 1.82. The maximum atomic E-state index is 10.6. The molecule has 88 valence electrons. The third-order valence-corrected chi connectivity index (χ3v) is 2.44. The highest BCUT2D eigenvalue weighted by molar-refractivity contribution is 6.29. The number of nitrogens with zero attached hydrogens (tertiary/aromatic N) is 2. The van der Waals surface area contributed by atoms with Crippen LogP contribution >= 0.6 is 11.6 Å². The van der Waals surface area contributed by atoms with Crippen molar-refractivity contribution in [1.82, 2.24) is 9.88 Å². The van der Waals surface area contributed by atoms with E-state index in [1.165, 1.54) is 0 Å². The van der Waals surface area contributed by atoms with Gasteiger partial charge in [0.15, 0.2) is 0 Å². The standard InChI is InChI=1S/C11H15ClN2O2/c1-8-4-3-5-9(13-8)6-14(2)7-10(12)11(15)16/h3-5,10H,6-7H2,1-2H3,(H,15,16). The Morgan fingerprint density at radius 1 is 1.62 bits per heavy atom. The van der Waals surface area contributed by atoms with Crippen molar-refractivity contribution >= 4 is 17.6 Å². The van der Waals surface area contributed by atoms with Gasteiger partial charge in [-0.25, -0.2) is 0 Å². The monoisotopic (exact) mass is 242 g/mol. The van der Waals surface area contributed by atoms with Crippen molar-refractivity contribution in [3.63, 3.8) is 0 Å². The molecule has 0 saturated heterocycles. The normalized spacial score (nSPS) is 12.8. The first-order valence-corrected chi connectivity index (χ1v) is 5.40. The Morgan fingerprint density at radius 3 is 2.88 bits per heavy atom. The average Bonchev–Trinajstić information content (AvgIpc) is 2.16. The van der Waals surface area contributed by atoms with E-state index in [1.54, 1.807) is 0 Å². The van der Waals surface area contributed by atoms with Gasteiger partial charge in [-0.2, -0.15) is 0 Å². The molecule has 0 fully saturated rings. The summed E-state index contributed by atoms with van der Waals surface area (Å²) in [5.41, 5.74) is 1.86. The molecule has 5 heteroatoms. The SMILES string of the molecule is Cc1cccc(CN(C)CC(Cl)C(=O)O)n1. The average molecular weight is 243 g/mol. The molecule has 1 heterocycles. The van der Waals surface area contributed by atoms with Crippen LogP contribution in [0.5, 0.6) is 0 Å². The second kappa shape index (κ2) is 5.82. The lowest BCUT2D eigenvalue weighted by molar-refractivity contribution is -0.136. The fourth-order valence-corrected chi connectivity index (χ4v) is 1.62. The zero-order valence-electron chi connectivity index (χ0n) is 9.35. The van der Waals surface area contributed by atoms with E-state index in [-0.39, 0.29) is 0 Å². The highest BCUT2D eigenvalue weighted by atomic mass is 35.5. The fraction of sp³-hybridized carbons (Fsp3) is 0.455. The highest BCUT2D eigenvalue weighted by Gasteiger charge is 2.16. The van der Waals surface area contributed by atoms with Crippen LogP contribution in [0.4, 0.5) is 0 Å². The van der Waals surface area contributed by atoms with Gasteiger partial charge in [0.2, 0.25) is 0 Å². The number of carboxylic acids is 1. The topological polar surface area (TPSA) is 53.4 Å². The maximum Gasteiger partial charge on any atom is 0.322 e. The molecule has 0 amide bonds. The van der Waals surface area contributed by atoms with E-state index in [9.17, 15) is 4.79 Å². The zero-order valence-corrected chi connectivity index (χ0v) is 10.1. The summed E-state index contributed by atoms with van der Waals surface area (Å²) < 4.78 is 0. The fourth-order valence-electron chi connectivity index (χ4n) is 1.38. The number of carboxylic acid groups (broad SMARTS) is 1. The molecule has 1 unspecified atom stereocenters. The van der Waals surface area contributed by atoms with E-state index in [2.05, 4.69) is 4.98 Å². The number of alkyl halides is 1. The summed E-state index contributed by atoms with van der Waals surface area (Å²) in [6, 6.07) is 5.76. The first-order chi connectivity index (χ1) is 7.49. The van der Waals surface area contributed by atoms with Crippen LogP contribution in [0.2, 0.25) is 0 Å². The van der Waals surface area contributed by atoms with Gasteiger partial charge in [-0.1, -0.05) is 6.07 Å². The van der Waals surface area contributed by atoms with E-state index in [1.807, 2.05) is 37.1 Å². The predicted molar refractivity (Wildman–Crippen MR) is 62.6 cm³/mol. The number of halogens is 1. The smallest absolute Gasteiger partial charge is 0.322 e. The van der Waals surface area contributed by atoms with Crippen molar-refractivity contribution in [2.24, 2.45) is 0 Å². The van der Waals surface area contributed by atoms with Crippen LogP contribution < -0.4 is 0 Å². The lowest BCUT2D eigenvalue weighted by atomic mass is 10.3. The molecule has 0 spiro atoms. The van der Waals surface area contributed by atoms with E-state index in [0.29, 0.717) is 13.1 Å². The molecule has 4 nitrogen and oxygen atoms in total. The van der Waals surface area contributed by atoms with Crippen molar-refractivity contribution in [2.75, 3.05) is 13.6 Å². The van der Waals surface area contributed by atoms with Gasteiger partial charge in [0, 0.05) is 18.8 Å². The number of aromatic nitrogens is 1. The second-order valence-corrected chi connectivity index (χ2v) is 4.30. The van der Waals surface area contributed by atoms with Crippen LogP contribution in [0.25, 0.3) is 0 Å². The molecule has 0 bridgehead atoms. The molecule has 0 aromatic carbocycles. The van der Waals surface area contributed by atoms with Crippen molar-refractivity contribution in [2.45, 2.75) is 18.8 Å².